The Labute approximate surface area is 276 Å². The Kier molecular flexibility index (Phi) is 10.8. The number of benzene rings is 3. The Morgan fingerprint density at radius 1 is 0.978 bits per heavy atom. The molecule has 0 aliphatic heterocycles. The van der Waals surface area contributed by atoms with Crippen LogP contribution in [-0.2, 0) is 21.2 Å². The van der Waals surface area contributed by atoms with Crippen LogP contribution in [0.4, 0.5) is 17.6 Å². The maximum Gasteiger partial charge on any atom is 0.240 e. The molecule has 0 fully saturated rings. The summed E-state index contributed by atoms with van der Waals surface area (Å²) in [5.41, 5.74) is 0.534. The minimum Gasteiger partial charge on any atom is -0.494 e. The number of methoxy groups -OCH3 is 1. The van der Waals surface area contributed by atoms with Crippen LogP contribution in [0.5, 0.6) is 5.75 Å². The van der Waals surface area contributed by atoms with E-state index in [9.17, 15) is 17.2 Å². The van der Waals surface area contributed by atoms with Crippen LogP contribution in [0.3, 0.4) is 0 Å². The lowest BCUT2D eigenvalue weighted by Gasteiger charge is -2.28. The number of hydrogen-bond acceptors (Lipinski definition) is 5. The van der Waals surface area contributed by atoms with Gasteiger partial charge in [-0.2, -0.15) is 0 Å². The maximum atomic E-state index is 15.3. The molecule has 0 saturated heterocycles. The second-order valence-corrected chi connectivity index (χ2v) is 15.4. The summed E-state index contributed by atoms with van der Waals surface area (Å²) in [7, 11) is 3.11. The van der Waals surface area contributed by atoms with Crippen LogP contribution in [0.15, 0.2) is 64.8 Å². The van der Waals surface area contributed by atoms with Gasteiger partial charge in [-0.1, -0.05) is 43.3 Å². The van der Waals surface area contributed by atoms with Crippen molar-refractivity contribution in [2.75, 3.05) is 41.3 Å². The van der Waals surface area contributed by atoms with Crippen LogP contribution >= 0.6 is 23.4 Å². The molecule has 3 aromatic carbocycles. The molecule has 1 heterocycles. The molecule has 1 aromatic heterocycles. The molecule has 14 heteroatoms. The monoisotopic (exact) mass is 699 g/mol. The Hall–Kier alpha value is -3.10. The molecule has 4 rings (SSSR count). The number of hydrogen-bond donors (Lipinski definition) is 1. The van der Waals surface area contributed by atoms with Gasteiger partial charge in [0, 0.05) is 35.8 Å². The number of aromatic nitrogens is 2. The lowest BCUT2D eigenvalue weighted by atomic mass is 9.81. The Balaban J connectivity index is 1.67. The average molecular weight is 700 g/mol. The number of quaternary nitrogens is 1. The highest BCUT2D eigenvalue weighted by atomic mass is 35.5. The number of halogens is 5. The summed E-state index contributed by atoms with van der Waals surface area (Å²) in [6.07, 6.45) is 2.12. The van der Waals surface area contributed by atoms with Gasteiger partial charge in [-0.05, 0) is 42.0 Å². The number of sulfonamides is 1. The standard InChI is InChI=1S/C32H36ClF4N4O3S2/c1-32(2,20-8-10-25(34)24(33)14-20)30-18-38-31(40(30)21-9-11-26(35)29(15-21)44-6)45-19-23-27(36)16-22(17-28(23)37)46(42,43)39-12-7-13-41(3,4)5/h8-11,14-18,39H,7,12-13,19H2,1-6H3/q+1. The van der Waals surface area contributed by atoms with E-state index in [4.69, 9.17) is 16.3 Å². The normalized spacial score (nSPS) is 12.5. The van der Waals surface area contributed by atoms with Gasteiger partial charge in [-0.15, -0.1) is 0 Å². The highest BCUT2D eigenvalue weighted by molar-refractivity contribution is 7.98. The first-order valence-corrected chi connectivity index (χ1v) is 17.1. The molecule has 0 aliphatic rings. The number of rotatable bonds is 13. The van der Waals surface area contributed by atoms with Gasteiger partial charge in [0.25, 0.3) is 0 Å². The first-order valence-electron chi connectivity index (χ1n) is 14.2. The predicted molar refractivity (Wildman–Crippen MR) is 172 cm³/mol. The minimum atomic E-state index is -4.14. The van der Waals surface area contributed by atoms with E-state index >= 15 is 8.78 Å². The van der Waals surface area contributed by atoms with Crippen LogP contribution in [-0.4, -0.2) is 63.8 Å². The largest absolute Gasteiger partial charge is 0.494 e. The third-order valence-corrected chi connectivity index (χ3v) is 10.2. The molecule has 7 nitrogen and oxygen atoms in total. The zero-order chi connectivity index (χ0) is 34.0. The van der Waals surface area contributed by atoms with Crippen molar-refractivity contribution in [1.29, 1.82) is 0 Å². The lowest BCUT2D eigenvalue weighted by Crippen LogP contribution is -2.37. The Bertz CT molecular complexity index is 1820. The molecule has 1 N–H and O–H groups in total. The molecule has 4 aromatic rings. The van der Waals surface area contributed by atoms with E-state index < -0.39 is 43.6 Å². The molecular weight excluding hydrogens is 664 g/mol. The number of nitrogens with zero attached hydrogens (tertiary/aromatic N) is 3. The first kappa shape index (κ1) is 35.7. The van der Waals surface area contributed by atoms with E-state index in [-0.39, 0.29) is 28.6 Å². The summed E-state index contributed by atoms with van der Waals surface area (Å²) >= 11 is 7.08. The summed E-state index contributed by atoms with van der Waals surface area (Å²) in [5, 5.41) is 0.241. The molecule has 0 radical (unpaired) electrons. The number of thioether (sulfide) groups is 1. The van der Waals surface area contributed by atoms with Gasteiger partial charge in [0.2, 0.25) is 10.0 Å². The predicted octanol–water partition coefficient (Wildman–Crippen LogP) is 7.08. The van der Waals surface area contributed by atoms with Crippen molar-refractivity contribution in [3.05, 3.63) is 99.8 Å². The van der Waals surface area contributed by atoms with E-state index in [0.717, 1.165) is 23.9 Å². The van der Waals surface area contributed by atoms with Gasteiger partial charge < -0.3 is 9.22 Å². The van der Waals surface area contributed by atoms with Crippen molar-refractivity contribution in [2.24, 2.45) is 0 Å². The Morgan fingerprint density at radius 3 is 2.24 bits per heavy atom. The molecule has 0 saturated carbocycles. The average Bonchev–Trinajstić information content (AvgIpc) is 3.41. The van der Waals surface area contributed by atoms with Crippen LogP contribution in [0.25, 0.3) is 5.69 Å². The van der Waals surface area contributed by atoms with Crippen molar-refractivity contribution in [3.63, 3.8) is 0 Å². The van der Waals surface area contributed by atoms with Crippen LogP contribution in [0, 0.1) is 23.3 Å². The zero-order valence-electron chi connectivity index (χ0n) is 26.3. The van der Waals surface area contributed by atoms with Crippen LogP contribution < -0.4 is 9.46 Å². The number of ether oxygens (including phenoxy) is 1. The fourth-order valence-electron chi connectivity index (χ4n) is 4.80. The van der Waals surface area contributed by atoms with Crippen LogP contribution in [0.1, 0.15) is 37.1 Å². The van der Waals surface area contributed by atoms with E-state index in [1.54, 1.807) is 16.8 Å². The van der Waals surface area contributed by atoms with Gasteiger partial charge in [0.1, 0.15) is 17.5 Å². The minimum absolute atomic E-state index is 0.0318. The fourth-order valence-corrected chi connectivity index (χ4v) is 7.09. The highest BCUT2D eigenvalue weighted by Crippen LogP contribution is 2.39. The van der Waals surface area contributed by atoms with E-state index in [1.165, 1.54) is 37.4 Å². The van der Waals surface area contributed by atoms with Crippen molar-refractivity contribution in [2.45, 2.75) is 41.5 Å². The first-order chi connectivity index (χ1) is 21.4. The summed E-state index contributed by atoms with van der Waals surface area (Å²) in [6, 6.07) is 10.1. The smallest absolute Gasteiger partial charge is 0.240 e. The lowest BCUT2D eigenvalue weighted by molar-refractivity contribution is -0.870. The van der Waals surface area contributed by atoms with Crippen LogP contribution in [0.2, 0.25) is 5.02 Å². The summed E-state index contributed by atoms with van der Waals surface area (Å²) in [4.78, 5) is 4.01. The number of imidazole rings is 1. The van der Waals surface area contributed by atoms with Gasteiger partial charge in [0.05, 0.1) is 62.3 Å². The van der Waals surface area contributed by atoms with E-state index in [0.29, 0.717) is 39.5 Å². The molecule has 0 aliphatic carbocycles. The summed E-state index contributed by atoms with van der Waals surface area (Å²) in [6.45, 7) is 4.57. The van der Waals surface area contributed by atoms with Gasteiger partial charge in [-0.3, -0.25) is 4.57 Å². The molecule has 248 valence electrons. The summed E-state index contributed by atoms with van der Waals surface area (Å²) in [5.74, 6) is -3.49. The molecule has 46 heavy (non-hydrogen) atoms. The topological polar surface area (TPSA) is 73.2 Å². The molecule has 0 amide bonds. The molecule has 0 spiro atoms. The molecular formula is C32H36ClF4N4O3S2+. The van der Waals surface area contributed by atoms with Crippen molar-refractivity contribution in [1.82, 2.24) is 14.3 Å². The Morgan fingerprint density at radius 2 is 1.63 bits per heavy atom. The third-order valence-electron chi connectivity index (χ3n) is 7.47. The van der Waals surface area contributed by atoms with E-state index in [2.05, 4.69) is 9.71 Å². The quantitative estimate of drug-likeness (QED) is 0.0699. The highest BCUT2D eigenvalue weighted by Gasteiger charge is 2.31. The molecule has 0 atom stereocenters. The third kappa shape index (κ3) is 8.06. The van der Waals surface area contributed by atoms with Gasteiger partial charge in [-0.25, -0.2) is 35.7 Å². The van der Waals surface area contributed by atoms with Gasteiger partial charge in [0.15, 0.2) is 16.7 Å². The van der Waals surface area contributed by atoms with Crippen molar-refractivity contribution in [3.8, 4) is 11.4 Å². The summed E-state index contributed by atoms with van der Waals surface area (Å²) < 4.78 is 94.3. The SMILES string of the molecule is COc1cc(-n2c(C(C)(C)c3ccc(F)c(Cl)c3)cnc2SCc2c(F)cc(S(=O)(=O)NCCC[N+](C)(C)C)cc2F)ccc1F. The number of nitrogens with one attached hydrogen (secondary N) is 1. The second-order valence-electron chi connectivity index (χ2n) is 12.3. The maximum absolute atomic E-state index is 15.3. The van der Waals surface area contributed by atoms with E-state index in [1.807, 2.05) is 35.0 Å². The second kappa shape index (κ2) is 13.9. The zero-order valence-corrected chi connectivity index (χ0v) is 28.7. The fraction of sp³-hybridized carbons (Fsp3) is 0.344. The van der Waals surface area contributed by atoms with Crippen molar-refractivity contribution >= 4 is 33.4 Å². The molecule has 0 bridgehead atoms. The molecule has 0 unspecified atom stereocenters. The van der Waals surface area contributed by atoms with Crippen molar-refractivity contribution < 1.29 is 35.2 Å². The van der Waals surface area contributed by atoms with Gasteiger partial charge >= 0.3 is 0 Å².